The van der Waals surface area contributed by atoms with Gasteiger partial charge in [0.2, 0.25) is 0 Å². The second-order valence-electron chi connectivity index (χ2n) is 10.4. The van der Waals surface area contributed by atoms with E-state index in [1.165, 1.54) is 38.2 Å². The van der Waals surface area contributed by atoms with E-state index in [0.29, 0.717) is 34.9 Å². The van der Waals surface area contributed by atoms with Crippen LogP contribution in [0.3, 0.4) is 0 Å². The highest BCUT2D eigenvalue weighted by Gasteiger charge is 2.25. The molecule has 2 heterocycles. The fourth-order valence-corrected chi connectivity index (χ4v) is 6.56. The number of sulfonamides is 1. The maximum atomic E-state index is 13.5. The Labute approximate surface area is 250 Å². The smallest absolute Gasteiger partial charge is 0.277 e. The van der Waals surface area contributed by atoms with Crippen LogP contribution in [0.25, 0.3) is 16.9 Å². The molecule has 5 rings (SSSR count). The van der Waals surface area contributed by atoms with Gasteiger partial charge in [0.15, 0.2) is 22.8 Å². The molecule has 1 saturated carbocycles. The van der Waals surface area contributed by atoms with E-state index in [4.69, 9.17) is 29.4 Å². The largest absolute Gasteiger partial charge is 0.493 e. The normalized spacial score (nSPS) is 14.4. The molecule has 0 saturated heterocycles. The van der Waals surface area contributed by atoms with Crippen LogP contribution >= 0.6 is 0 Å². The molecule has 0 atom stereocenters. The molecule has 1 aliphatic carbocycles. The Morgan fingerprint density at radius 2 is 1.79 bits per heavy atom. The highest BCUT2D eigenvalue weighted by Crippen LogP contribution is 2.35. The molecular formula is C30H37N5O7S. The minimum atomic E-state index is -4.10. The van der Waals surface area contributed by atoms with Crippen molar-refractivity contribution < 1.29 is 27.7 Å². The number of nitrogens with zero attached hydrogens (tertiary/aromatic N) is 3. The number of aromatic amines is 1. The molecular weight excluding hydrogens is 574 g/mol. The van der Waals surface area contributed by atoms with Crippen molar-refractivity contribution in [3.8, 4) is 28.6 Å². The molecule has 43 heavy (non-hydrogen) atoms. The summed E-state index contributed by atoms with van der Waals surface area (Å²) in [5.41, 5.74) is 1.18. The molecule has 230 valence electrons. The van der Waals surface area contributed by atoms with Gasteiger partial charge in [0.1, 0.15) is 18.2 Å². The summed E-state index contributed by atoms with van der Waals surface area (Å²) in [7, 11) is -2.64. The van der Waals surface area contributed by atoms with Crippen LogP contribution in [0.2, 0.25) is 0 Å². The van der Waals surface area contributed by atoms with E-state index in [9.17, 15) is 13.2 Å². The lowest BCUT2D eigenvalue weighted by atomic mass is 10.00. The van der Waals surface area contributed by atoms with Crippen molar-refractivity contribution >= 4 is 21.2 Å². The Bertz CT molecular complexity index is 1760. The van der Waals surface area contributed by atoms with Gasteiger partial charge in [0.25, 0.3) is 15.6 Å². The number of benzene rings is 2. The second kappa shape index (κ2) is 13.0. The van der Waals surface area contributed by atoms with Gasteiger partial charge < -0.3 is 24.3 Å². The summed E-state index contributed by atoms with van der Waals surface area (Å²) in [6, 6.07) is 8.99. The first kappa shape index (κ1) is 30.4. The molecule has 0 bridgehead atoms. The Balaban J connectivity index is 1.56. The van der Waals surface area contributed by atoms with E-state index in [0.717, 1.165) is 31.5 Å². The molecule has 0 amide bonds. The van der Waals surface area contributed by atoms with Crippen molar-refractivity contribution in [2.45, 2.75) is 63.2 Å². The number of hydrogen-bond donors (Lipinski definition) is 3. The topological polar surface area (TPSA) is 157 Å². The standard InChI is InChI=1S/C30H37N5O7S/c1-4-41-24-14-12-22(43(38,39)34-21-11-13-25(40-3)26(17-21)42-16-15-36)18-23(24)28-32-30(37)27-19(2)31-29(35(27)33-28)20-9-7-5-6-8-10-20/h11-14,17-18,20,34,36H,4-10,15-16H2,1-3H3,(H,32,33,37). The van der Waals surface area contributed by atoms with Crippen molar-refractivity contribution in [1.82, 2.24) is 19.6 Å². The van der Waals surface area contributed by atoms with Crippen molar-refractivity contribution in [3.63, 3.8) is 0 Å². The van der Waals surface area contributed by atoms with Gasteiger partial charge in [-0.05, 0) is 57.0 Å². The summed E-state index contributed by atoms with van der Waals surface area (Å²) in [6.07, 6.45) is 6.50. The molecule has 0 spiro atoms. The van der Waals surface area contributed by atoms with Gasteiger partial charge in [-0.2, -0.15) is 0 Å². The number of aromatic nitrogens is 4. The fourth-order valence-electron chi connectivity index (χ4n) is 5.48. The van der Waals surface area contributed by atoms with E-state index in [1.807, 2.05) is 6.92 Å². The van der Waals surface area contributed by atoms with Crippen LogP contribution in [0, 0.1) is 6.92 Å². The lowest BCUT2D eigenvalue weighted by molar-refractivity contribution is 0.196. The van der Waals surface area contributed by atoms with Crippen LogP contribution in [-0.2, 0) is 10.0 Å². The molecule has 13 heteroatoms. The minimum absolute atomic E-state index is 0.0171. The average Bonchev–Trinajstić information content (AvgIpc) is 3.14. The van der Waals surface area contributed by atoms with Crippen molar-refractivity contribution in [3.05, 3.63) is 58.3 Å². The number of aliphatic hydroxyl groups excluding tert-OH is 1. The summed E-state index contributed by atoms with van der Waals surface area (Å²) >= 11 is 0. The van der Waals surface area contributed by atoms with Crippen LogP contribution in [0.1, 0.15) is 62.9 Å². The number of ether oxygens (including phenoxy) is 3. The van der Waals surface area contributed by atoms with Crippen molar-refractivity contribution in [2.75, 3.05) is 31.7 Å². The third kappa shape index (κ3) is 6.47. The average molecular weight is 612 g/mol. The molecule has 2 aromatic heterocycles. The zero-order valence-electron chi connectivity index (χ0n) is 24.6. The predicted molar refractivity (Wildman–Crippen MR) is 162 cm³/mol. The van der Waals surface area contributed by atoms with Crippen LogP contribution in [-0.4, -0.2) is 60.0 Å². The summed E-state index contributed by atoms with van der Waals surface area (Å²) < 4.78 is 47.8. The first-order valence-electron chi connectivity index (χ1n) is 14.5. The molecule has 1 fully saturated rings. The monoisotopic (exact) mass is 611 g/mol. The highest BCUT2D eigenvalue weighted by atomic mass is 32.2. The van der Waals surface area contributed by atoms with Gasteiger partial charge in [-0.25, -0.2) is 17.9 Å². The molecule has 0 aliphatic heterocycles. The van der Waals surface area contributed by atoms with Gasteiger partial charge in [-0.1, -0.05) is 25.7 Å². The van der Waals surface area contributed by atoms with Crippen LogP contribution in [0.15, 0.2) is 46.1 Å². The van der Waals surface area contributed by atoms with Crippen LogP contribution < -0.4 is 24.5 Å². The van der Waals surface area contributed by atoms with E-state index in [1.54, 1.807) is 29.6 Å². The quantitative estimate of drug-likeness (QED) is 0.209. The second-order valence-corrected chi connectivity index (χ2v) is 12.1. The van der Waals surface area contributed by atoms with Crippen molar-refractivity contribution in [1.29, 1.82) is 0 Å². The zero-order chi connectivity index (χ0) is 30.6. The maximum Gasteiger partial charge on any atom is 0.277 e. The fraction of sp³-hybridized carbons (Fsp3) is 0.433. The van der Waals surface area contributed by atoms with Crippen LogP contribution in [0.4, 0.5) is 5.69 Å². The van der Waals surface area contributed by atoms with Gasteiger partial charge in [-0.15, -0.1) is 5.10 Å². The van der Waals surface area contributed by atoms with E-state index >= 15 is 0 Å². The summed E-state index contributed by atoms with van der Waals surface area (Å²) in [5.74, 6) is 2.16. The summed E-state index contributed by atoms with van der Waals surface area (Å²) in [5, 5.41) is 13.9. The molecule has 12 nitrogen and oxygen atoms in total. The molecule has 2 aromatic carbocycles. The Morgan fingerprint density at radius 1 is 1.05 bits per heavy atom. The highest BCUT2D eigenvalue weighted by molar-refractivity contribution is 7.92. The Kier molecular flexibility index (Phi) is 9.21. The Morgan fingerprint density at radius 3 is 2.49 bits per heavy atom. The van der Waals surface area contributed by atoms with Crippen molar-refractivity contribution in [2.24, 2.45) is 0 Å². The van der Waals surface area contributed by atoms with E-state index in [-0.39, 0.29) is 46.8 Å². The molecule has 0 radical (unpaired) electrons. The number of imidazole rings is 1. The van der Waals surface area contributed by atoms with Gasteiger partial charge in [-0.3, -0.25) is 9.52 Å². The molecule has 1 aliphatic rings. The van der Waals surface area contributed by atoms with Gasteiger partial charge in [0.05, 0.1) is 42.2 Å². The number of aryl methyl sites for hydroxylation is 1. The minimum Gasteiger partial charge on any atom is -0.493 e. The van der Waals surface area contributed by atoms with Gasteiger partial charge in [0, 0.05) is 12.0 Å². The number of methoxy groups -OCH3 is 1. The lowest BCUT2D eigenvalue weighted by Crippen LogP contribution is -2.17. The SMILES string of the molecule is CCOc1ccc(S(=O)(=O)Nc2ccc(OC)c(OCCO)c2)cc1-c1nn2c(C3CCCCCC3)nc(C)c2c(=O)[nH]1. The van der Waals surface area contributed by atoms with E-state index < -0.39 is 10.0 Å². The molecule has 3 N–H and O–H groups in total. The lowest BCUT2D eigenvalue weighted by Gasteiger charge is -2.15. The third-order valence-electron chi connectivity index (χ3n) is 7.50. The number of fused-ring (bicyclic) bond motifs is 1. The van der Waals surface area contributed by atoms with Crippen LogP contribution in [0.5, 0.6) is 17.2 Å². The number of hydrogen-bond acceptors (Lipinski definition) is 9. The van der Waals surface area contributed by atoms with Gasteiger partial charge >= 0.3 is 0 Å². The number of anilines is 1. The number of rotatable bonds is 11. The number of H-pyrrole nitrogens is 1. The molecule has 0 unspecified atom stereocenters. The zero-order valence-corrected chi connectivity index (χ0v) is 25.4. The third-order valence-corrected chi connectivity index (χ3v) is 8.88. The summed E-state index contributed by atoms with van der Waals surface area (Å²) in [6.45, 7) is 3.75. The number of aliphatic hydroxyl groups is 1. The summed E-state index contributed by atoms with van der Waals surface area (Å²) in [4.78, 5) is 20.9. The Hall–Kier alpha value is -4.10. The van der Waals surface area contributed by atoms with E-state index in [2.05, 4.69) is 9.71 Å². The first-order valence-corrected chi connectivity index (χ1v) is 15.9. The first-order chi connectivity index (χ1) is 20.7. The maximum absolute atomic E-state index is 13.5. The molecule has 4 aromatic rings. The predicted octanol–water partition coefficient (Wildman–Crippen LogP) is 4.41. The number of nitrogens with one attached hydrogen (secondary N) is 2.